The lowest BCUT2D eigenvalue weighted by Crippen LogP contribution is -2.29. The summed E-state index contributed by atoms with van der Waals surface area (Å²) in [6.07, 6.45) is 1.84. The van der Waals surface area contributed by atoms with Crippen molar-refractivity contribution in [1.29, 1.82) is 0 Å². The van der Waals surface area contributed by atoms with Gasteiger partial charge in [0.15, 0.2) is 27.3 Å². The molecule has 47 heavy (non-hydrogen) atoms. The number of fused-ring (bicyclic) bond motifs is 1. The minimum Gasteiger partial charge on any atom is -0.507 e. The van der Waals surface area contributed by atoms with E-state index in [1.165, 1.54) is 28.0 Å². The number of Topliss-reactive ketones (excluding diaryl/α,β-unsaturated/α-hetero) is 1. The van der Waals surface area contributed by atoms with Crippen LogP contribution < -0.4 is 23.8 Å². The Morgan fingerprint density at radius 3 is 2.62 bits per heavy atom. The Labute approximate surface area is 285 Å². The Morgan fingerprint density at radius 2 is 1.83 bits per heavy atom. The van der Waals surface area contributed by atoms with E-state index in [0.717, 1.165) is 18.4 Å². The molecule has 0 spiro atoms. The summed E-state index contributed by atoms with van der Waals surface area (Å²) >= 11 is 8.93. The lowest BCUT2D eigenvalue weighted by atomic mass is 9.95. The summed E-state index contributed by atoms with van der Waals surface area (Å²) in [6, 6.07) is 16.6. The molecule has 244 valence electrons. The van der Waals surface area contributed by atoms with Gasteiger partial charge in [0.2, 0.25) is 5.13 Å². The number of carbonyl (C=O) groups excluding carboxylic acids is 2. The van der Waals surface area contributed by atoms with Gasteiger partial charge in [0, 0.05) is 16.3 Å². The molecule has 1 aromatic heterocycles. The van der Waals surface area contributed by atoms with Crippen LogP contribution in [0.25, 0.3) is 5.76 Å². The fourth-order valence-corrected chi connectivity index (χ4v) is 7.37. The fourth-order valence-electron chi connectivity index (χ4n) is 5.21. The molecule has 13 heteroatoms. The molecule has 4 aromatic rings. The number of rotatable bonds is 12. The maximum Gasteiger partial charge on any atom is 0.301 e. The van der Waals surface area contributed by atoms with Crippen molar-refractivity contribution >= 4 is 57.3 Å². The van der Waals surface area contributed by atoms with Crippen molar-refractivity contribution in [3.05, 3.63) is 87.9 Å². The van der Waals surface area contributed by atoms with Crippen molar-refractivity contribution in [1.82, 2.24) is 10.2 Å². The van der Waals surface area contributed by atoms with Gasteiger partial charge in [-0.1, -0.05) is 72.3 Å². The van der Waals surface area contributed by atoms with Crippen molar-refractivity contribution in [2.75, 3.05) is 31.3 Å². The summed E-state index contributed by atoms with van der Waals surface area (Å²) in [6.45, 7) is 5.58. The van der Waals surface area contributed by atoms with Gasteiger partial charge in [-0.3, -0.25) is 14.5 Å². The van der Waals surface area contributed by atoms with Crippen LogP contribution in [0, 0.1) is 0 Å². The highest BCUT2D eigenvalue weighted by Crippen LogP contribution is 2.46. The van der Waals surface area contributed by atoms with Gasteiger partial charge in [0.25, 0.3) is 5.78 Å². The molecule has 0 bridgehead atoms. The molecule has 2 aliphatic rings. The van der Waals surface area contributed by atoms with Crippen LogP contribution in [-0.2, 0) is 15.3 Å². The molecular weight excluding hydrogens is 662 g/mol. The van der Waals surface area contributed by atoms with Crippen LogP contribution in [0.3, 0.4) is 0 Å². The van der Waals surface area contributed by atoms with Crippen molar-refractivity contribution in [2.45, 2.75) is 42.8 Å². The Morgan fingerprint density at radius 1 is 1.02 bits per heavy atom. The SMILES string of the molecule is CCCCOc1ccc([C@@H]2/C(=C(\O)c3ccc4c(c3)OCCO4)C(=O)C(=O)N2c2nnc(SCc3ccccc3Cl)s2)cc1OCC. The number of aliphatic hydroxyl groups is 1. The van der Waals surface area contributed by atoms with Crippen LogP contribution in [0.4, 0.5) is 5.13 Å². The average Bonchev–Trinajstić information content (AvgIpc) is 3.66. The molecule has 1 amide bonds. The third-order valence-electron chi connectivity index (χ3n) is 7.51. The van der Waals surface area contributed by atoms with E-state index in [9.17, 15) is 14.7 Å². The molecule has 10 nitrogen and oxygen atoms in total. The summed E-state index contributed by atoms with van der Waals surface area (Å²) in [5.74, 6) is 0.451. The lowest BCUT2D eigenvalue weighted by molar-refractivity contribution is -0.132. The molecule has 6 rings (SSSR count). The topological polar surface area (TPSA) is 120 Å². The summed E-state index contributed by atoms with van der Waals surface area (Å²) in [5.41, 5.74) is 1.65. The summed E-state index contributed by atoms with van der Waals surface area (Å²) in [5, 5.41) is 21.2. The van der Waals surface area contributed by atoms with Gasteiger partial charge in [-0.15, -0.1) is 10.2 Å². The molecule has 0 aliphatic carbocycles. The first-order valence-corrected chi connectivity index (χ1v) is 17.4. The zero-order chi connectivity index (χ0) is 32.9. The molecule has 3 heterocycles. The van der Waals surface area contributed by atoms with Gasteiger partial charge in [-0.2, -0.15) is 0 Å². The number of benzene rings is 3. The fraction of sp³-hybridized carbons (Fsp3) is 0.294. The molecule has 0 radical (unpaired) electrons. The smallest absolute Gasteiger partial charge is 0.301 e. The largest absolute Gasteiger partial charge is 0.507 e. The van der Waals surface area contributed by atoms with E-state index >= 15 is 0 Å². The first-order valence-electron chi connectivity index (χ1n) is 15.2. The standard InChI is InChI=1S/C34H32ClN3O7S2/c1-3-5-14-43-24-12-10-20(17-26(24)42-4-2)29-28(30(39)21-11-13-25-27(18-21)45-16-15-44-25)31(40)32(41)38(29)33-36-37-34(47-33)46-19-22-8-6-7-9-23(22)35/h6-13,17-18,29,39H,3-5,14-16,19H2,1-2H3/b30-28+/t29-/m1/s1. The number of hydrogen-bond acceptors (Lipinski definition) is 11. The highest BCUT2D eigenvalue weighted by Gasteiger charge is 2.48. The van der Waals surface area contributed by atoms with Crippen molar-refractivity contribution in [3.63, 3.8) is 0 Å². The molecule has 1 atom stereocenters. The summed E-state index contributed by atoms with van der Waals surface area (Å²) in [7, 11) is 0. The molecule has 1 N–H and O–H groups in total. The van der Waals surface area contributed by atoms with Gasteiger partial charge < -0.3 is 24.1 Å². The number of ketones is 1. The number of aromatic nitrogens is 2. The third kappa shape index (κ3) is 6.90. The van der Waals surface area contributed by atoms with Crippen molar-refractivity contribution < 1.29 is 33.6 Å². The predicted octanol–water partition coefficient (Wildman–Crippen LogP) is 7.46. The summed E-state index contributed by atoms with van der Waals surface area (Å²) in [4.78, 5) is 28.9. The summed E-state index contributed by atoms with van der Waals surface area (Å²) < 4.78 is 23.8. The molecule has 1 saturated heterocycles. The quantitative estimate of drug-likeness (QED) is 0.0400. The number of nitrogens with zero attached hydrogens (tertiary/aromatic N) is 3. The molecule has 0 unspecified atom stereocenters. The first-order chi connectivity index (χ1) is 22.9. The number of thioether (sulfide) groups is 1. The van der Waals surface area contributed by atoms with E-state index in [4.69, 9.17) is 30.5 Å². The molecule has 3 aromatic carbocycles. The van der Waals surface area contributed by atoms with Crippen LogP contribution in [0.15, 0.2) is 70.6 Å². The first kappa shape index (κ1) is 32.7. The number of aliphatic hydroxyl groups excluding tert-OH is 1. The maximum atomic E-state index is 13.8. The number of ether oxygens (including phenoxy) is 4. The normalized spacial score (nSPS) is 16.8. The van der Waals surface area contributed by atoms with Gasteiger partial charge in [-0.25, -0.2) is 0 Å². The highest BCUT2D eigenvalue weighted by molar-refractivity contribution is 8.00. The Balaban J connectivity index is 1.42. The van der Waals surface area contributed by atoms with Crippen LogP contribution >= 0.6 is 34.7 Å². The van der Waals surface area contributed by atoms with Crippen LogP contribution in [-0.4, -0.2) is 53.4 Å². The van der Waals surface area contributed by atoms with Crippen LogP contribution in [0.1, 0.15) is 49.4 Å². The van der Waals surface area contributed by atoms with E-state index in [2.05, 4.69) is 17.1 Å². The zero-order valence-electron chi connectivity index (χ0n) is 25.7. The zero-order valence-corrected chi connectivity index (χ0v) is 28.1. The number of carbonyl (C=O) groups is 2. The molecule has 2 aliphatic heterocycles. The highest BCUT2D eigenvalue weighted by atomic mass is 35.5. The van der Waals surface area contributed by atoms with Crippen molar-refractivity contribution in [3.8, 4) is 23.0 Å². The second-order valence-electron chi connectivity index (χ2n) is 10.6. The average molecular weight is 694 g/mol. The van der Waals surface area contributed by atoms with E-state index in [0.29, 0.717) is 75.7 Å². The second kappa shape index (κ2) is 14.7. The van der Waals surface area contributed by atoms with E-state index in [-0.39, 0.29) is 16.5 Å². The molecule has 0 saturated carbocycles. The van der Waals surface area contributed by atoms with E-state index < -0.39 is 17.7 Å². The Hall–Kier alpha value is -4.26. The minimum atomic E-state index is -1.04. The van der Waals surface area contributed by atoms with Crippen LogP contribution in [0.5, 0.6) is 23.0 Å². The number of unbranched alkanes of at least 4 members (excludes halogenated alkanes) is 1. The van der Waals surface area contributed by atoms with E-state index in [1.54, 1.807) is 36.4 Å². The second-order valence-corrected chi connectivity index (χ2v) is 13.2. The number of anilines is 1. The van der Waals surface area contributed by atoms with Gasteiger partial charge in [0.05, 0.1) is 24.8 Å². The Kier molecular flexibility index (Phi) is 10.2. The predicted molar refractivity (Wildman–Crippen MR) is 181 cm³/mol. The molecular formula is C34H32ClN3O7S2. The van der Waals surface area contributed by atoms with Gasteiger partial charge in [-0.05, 0) is 60.9 Å². The lowest BCUT2D eigenvalue weighted by Gasteiger charge is -2.24. The Bertz CT molecular complexity index is 1830. The van der Waals surface area contributed by atoms with Crippen LogP contribution in [0.2, 0.25) is 5.02 Å². The number of hydrogen-bond donors (Lipinski definition) is 1. The van der Waals surface area contributed by atoms with Gasteiger partial charge >= 0.3 is 5.91 Å². The minimum absolute atomic E-state index is 0.103. The maximum absolute atomic E-state index is 13.8. The number of amides is 1. The third-order valence-corrected chi connectivity index (χ3v) is 9.98. The van der Waals surface area contributed by atoms with E-state index in [1.807, 2.05) is 31.2 Å². The monoisotopic (exact) mass is 693 g/mol. The molecule has 1 fully saturated rings. The van der Waals surface area contributed by atoms with Crippen molar-refractivity contribution in [2.24, 2.45) is 0 Å². The van der Waals surface area contributed by atoms with Gasteiger partial charge in [0.1, 0.15) is 19.0 Å². The number of halogens is 1.